The smallest absolute Gasteiger partial charge is 0.189 e. The molecule has 0 aliphatic carbocycles. The van der Waals surface area contributed by atoms with Crippen molar-refractivity contribution >= 4 is 10.9 Å². The quantitative estimate of drug-likeness (QED) is 0.696. The molecule has 0 spiro atoms. The van der Waals surface area contributed by atoms with Gasteiger partial charge in [0.2, 0.25) is 0 Å². The van der Waals surface area contributed by atoms with E-state index in [1.54, 1.807) is 6.07 Å². The first-order chi connectivity index (χ1) is 9.84. The van der Waals surface area contributed by atoms with E-state index in [1.807, 2.05) is 48.7 Å². The van der Waals surface area contributed by atoms with Crippen LogP contribution in [0, 0.1) is 0 Å². The maximum atomic E-state index is 11.8. The van der Waals surface area contributed by atoms with Gasteiger partial charge in [0.05, 0.1) is 12.7 Å². The molecule has 1 aromatic heterocycles. The second-order valence-corrected chi connectivity index (χ2v) is 4.31. The Balaban J connectivity index is 0.000000704. The van der Waals surface area contributed by atoms with Gasteiger partial charge in [0.25, 0.3) is 0 Å². The van der Waals surface area contributed by atoms with Crippen LogP contribution < -0.4 is 5.43 Å². The molecule has 0 aliphatic rings. The lowest BCUT2D eigenvalue weighted by atomic mass is 10.2. The van der Waals surface area contributed by atoms with Crippen LogP contribution in [0.15, 0.2) is 71.7 Å². The van der Waals surface area contributed by atoms with Crippen LogP contribution in [0.3, 0.4) is 0 Å². The van der Waals surface area contributed by atoms with Crippen molar-refractivity contribution in [2.24, 2.45) is 0 Å². The molecule has 0 aliphatic heterocycles. The fourth-order valence-electron chi connectivity index (χ4n) is 2.18. The van der Waals surface area contributed by atoms with Gasteiger partial charge in [0.15, 0.2) is 5.43 Å². The molecule has 3 aromatic rings. The van der Waals surface area contributed by atoms with Gasteiger partial charge >= 0.3 is 0 Å². The minimum atomic E-state index is 0.0786. The van der Waals surface area contributed by atoms with Crippen molar-refractivity contribution in [3.63, 3.8) is 0 Å². The Morgan fingerprint density at radius 3 is 2.30 bits per heavy atom. The fraction of sp³-hybridized carbons (Fsp3) is 0.118. The van der Waals surface area contributed by atoms with Crippen LogP contribution in [-0.2, 0) is 6.54 Å². The monoisotopic (exact) mass is 269 g/mol. The van der Waals surface area contributed by atoms with Gasteiger partial charge in [-0.15, -0.1) is 0 Å². The summed E-state index contributed by atoms with van der Waals surface area (Å²) in [5.74, 6) is 0. The average Bonchev–Trinajstić information content (AvgIpc) is 2.53. The molecule has 20 heavy (non-hydrogen) atoms. The molecule has 0 saturated heterocycles. The molecule has 3 heteroatoms. The topological polar surface area (TPSA) is 22.0 Å². The van der Waals surface area contributed by atoms with Crippen LogP contribution in [-0.4, -0.2) is 11.7 Å². The number of pyridine rings is 1. The average molecular weight is 269 g/mol. The number of benzene rings is 2. The van der Waals surface area contributed by atoms with Crippen molar-refractivity contribution in [2.45, 2.75) is 6.54 Å². The molecule has 0 bridgehead atoms. The molecule has 2 nitrogen and oxygen atoms in total. The summed E-state index contributed by atoms with van der Waals surface area (Å²) in [4.78, 5) is 11.8. The number of hydrogen-bond donors (Lipinski definition) is 0. The Morgan fingerprint density at radius 1 is 0.900 bits per heavy atom. The van der Waals surface area contributed by atoms with Gasteiger partial charge in [0, 0.05) is 24.2 Å². The van der Waals surface area contributed by atoms with Gasteiger partial charge in [-0.3, -0.25) is 9.18 Å². The normalized spacial score (nSPS) is 9.90. The maximum absolute atomic E-state index is 11.8. The lowest BCUT2D eigenvalue weighted by Gasteiger charge is -2.10. The predicted molar refractivity (Wildman–Crippen MR) is 80.8 cm³/mol. The summed E-state index contributed by atoms with van der Waals surface area (Å²) in [6.45, 7) is 0.779. The molecule has 0 radical (unpaired) electrons. The van der Waals surface area contributed by atoms with E-state index in [4.69, 9.17) is 0 Å². The van der Waals surface area contributed by atoms with Crippen molar-refractivity contribution in [1.29, 1.82) is 0 Å². The molecule has 0 unspecified atom stereocenters. The van der Waals surface area contributed by atoms with E-state index in [-0.39, 0.29) is 5.43 Å². The van der Waals surface area contributed by atoms with E-state index in [0.29, 0.717) is 7.18 Å². The Bertz CT molecular complexity index is 735. The van der Waals surface area contributed by atoms with Crippen molar-refractivity contribution in [2.75, 3.05) is 7.18 Å². The summed E-state index contributed by atoms with van der Waals surface area (Å²) in [6.07, 6.45) is 1.86. The molecule has 102 valence electrons. The molecular weight excluding hydrogens is 253 g/mol. The summed E-state index contributed by atoms with van der Waals surface area (Å²) in [5, 5.41) is 0.774. The standard InChI is InChI=1S/C16H13NO.CH3F/c18-16-10-11-17(12-13-6-2-1-3-7-13)15-9-5-4-8-14(15)16;1-2/h1-11H,12H2;1H3. The molecular formula is C17H16FNO. The van der Waals surface area contributed by atoms with E-state index in [9.17, 15) is 9.18 Å². The third-order valence-electron chi connectivity index (χ3n) is 3.08. The summed E-state index contributed by atoms with van der Waals surface area (Å²) in [7, 11) is 0.500. The Kier molecular flexibility index (Phi) is 4.66. The third-order valence-corrected chi connectivity index (χ3v) is 3.08. The van der Waals surface area contributed by atoms with Crippen LogP contribution in [0.1, 0.15) is 5.56 Å². The largest absolute Gasteiger partial charge is 0.343 e. The molecule has 0 amide bonds. The van der Waals surface area contributed by atoms with Crippen molar-refractivity contribution in [3.8, 4) is 0 Å². The van der Waals surface area contributed by atoms with E-state index in [0.717, 1.165) is 17.4 Å². The number of para-hydroxylation sites is 1. The molecule has 2 aromatic carbocycles. The van der Waals surface area contributed by atoms with Gasteiger partial charge in [-0.05, 0) is 17.7 Å². The number of rotatable bonds is 2. The van der Waals surface area contributed by atoms with Crippen molar-refractivity contribution in [1.82, 2.24) is 4.57 Å². The number of fused-ring (bicyclic) bond motifs is 1. The lowest BCUT2D eigenvalue weighted by Crippen LogP contribution is -2.08. The third kappa shape index (κ3) is 2.94. The van der Waals surface area contributed by atoms with E-state index in [2.05, 4.69) is 16.7 Å². The van der Waals surface area contributed by atoms with Gasteiger partial charge < -0.3 is 4.57 Å². The van der Waals surface area contributed by atoms with Gasteiger partial charge in [-0.1, -0.05) is 42.5 Å². The van der Waals surface area contributed by atoms with Crippen LogP contribution in [0.4, 0.5) is 4.39 Å². The zero-order valence-electron chi connectivity index (χ0n) is 11.3. The van der Waals surface area contributed by atoms with E-state index < -0.39 is 0 Å². The minimum Gasteiger partial charge on any atom is -0.343 e. The van der Waals surface area contributed by atoms with Gasteiger partial charge in [0.1, 0.15) is 0 Å². The fourth-order valence-corrected chi connectivity index (χ4v) is 2.18. The zero-order valence-corrected chi connectivity index (χ0v) is 11.3. The van der Waals surface area contributed by atoms with Gasteiger partial charge in [-0.25, -0.2) is 0 Å². The summed E-state index contributed by atoms with van der Waals surface area (Å²) in [6, 6.07) is 19.6. The van der Waals surface area contributed by atoms with Crippen LogP contribution in [0.2, 0.25) is 0 Å². The summed E-state index contributed by atoms with van der Waals surface area (Å²) in [5.41, 5.74) is 2.29. The highest BCUT2D eigenvalue weighted by atomic mass is 19.1. The first-order valence-corrected chi connectivity index (χ1v) is 6.34. The van der Waals surface area contributed by atoms with Crippen LogP contribution in [0.25, 0.3) is 10.9 Å². The SMILES string of the molecule is CF.O=c1ccn(Cc2ccccc2)c2ccccc12. The first kappa shape index (κ1) is 14.0. The van der Waals surface area contributed by atoms with Gasteiger partial charge in [-0.2, -0.15) is 0 Å². The molecule has 0 N–H and O–H groups in total. The van der Waals surface area contributed by atoms with Crippen molar-refractivity contribution < 1.29 is 4.39 Å². The Labute approximate surface area is 117 Å². The second-order valence-electron chi connectivity index (χ2n) is 4.31. The minimum absolute atomic E-state index is 0.0786. The first-order valence-electron chi connectivity index (χ1n) is 6.34. The number of halogens is 1. The molecule has 0 fully saturated rings. The Morgan fingerprint density at radius 2 is 1.55 bits per heavy atom. The predicted octanol–water partition coefficient (Wildman–Crippen LogP) is 3.64. The number of nitrogens with zero attached hydrogens (tertiary/aromatic N) is 1. The number of aromatic nitrogens is 1. The van der Waals surface area contributed by atoms with Crippen LogP contribution >= 0.6 is 0 Å². The summed E-state index contributed by atoms with van der Waals surface area (Å²) >= 11 is 0. The highest BCUT2D eigenvalue weighted by Gasteiger charge is 2.01. The molecule has 3 rings (SSSR count). The highest BCUT2D eigenvalue weighted by Crippen LogP contribution is 2.11. The summed E-state index contributed by atoms with van der Waals surface area (Å²) < 4.78 is 11.6. The zero-order chi connectivity index (χ0) is 14.4. The highest BCUT2D eigenvalue weighted by molar-refractivity contribution is 5.78. The van der Waals surface area contributed by atoms with Crippen molar-refractivity contribution in [3.05, 3.63) is 82.6 Å². The maximum Gasteiger partial charge on any atom is 0.189 e. The second kappa shape index (κ2) is 6.66. The number of alkyl halides is 1. The number of hydrogen-bond acceptors (Lipinski definition) is 1. The van der Waals surface area contributed by atoms with Crippen LogP contribution in [0.5, 0.6) is 0 Å². The van der Waals surface area contributed by atoms with E-state index in [1.165, 1.54) is 5.56 Å². The Hall–Kier alpha value is -2.42. The lowest BCUT2D eigenvalue weighted by molar-refractivity contribution is 0.636. The molecule has 1 heterocycles. The molecule has 0 atom stereocenters. The van der Waals surface area contributed by atoms with E-state index >= 15 is 0 Å². The molecule has 0 saturated carbocycles.